The third kappa shape index (κ3) is 3.26. The predicted octanol–water partition coefficient (Wildman–Crippen LogP) is 2.04. The molecule has 0 spiro atoms. The summed E-state index contributed by atoms with van der Waals surface area (Å²) in [5, 5.41) is 8.91. The van der Waals surface area contributed by atoms with Gasteiger partial charge < -0.3 is 15.7 Å². The number of pyridine rings is 1. The maximum absolute atomic E-state index is 10.9. The number of aromatic nitrogens is 1. The number of carboxylic acids is 1. The molecule has 0 aliphatic heterocycles. The summed E-state index contributed by atoms with van der Waals surface area (Å²) in [5.41, 5.74) is 8.57. The first kappa shape index (κ1) is 13.9. The smallest absolute Gasteiger partial charge is 0.335 e. The highest BCUT2D eigenvalue weighted by atomic mass is 16.4. The van der Waals surface area contributed by atoms with E-state index in [-0.39, 0.29) is 5.56 Å². The van der Waals surface area contributed by atoms with E-state index in [1.54, 1.807) is 18.3 Å². The number of anilines is 2. The average molecular weight is 271 g/mol. The van der Waals surface area contributed by atoms with Gasteiger partial charge in [-0.3, -0.25) is 4.98 Å². The first-order chi connectivity index (χ1) is 9.58. The molecule has 2 aromatic rings. The second kappa shape index (κ2) is 6.06. The minimum Gasteiger partial charge on any atom is -0.478 e. The van der Waals surface area contributed by atoms with Crippen LogP contribution >= 0.6 is 0 Å². The van der Waals surface area contributed by atoms with Gasteiger partial charge in [-0.1, -0.05) is 6.07 Å². The fraction of sp³-hybridized carbons (Fsp3) is 0.200. The average Bonchev–Trinajstić information content (AvgIpc) is 2.45. The number of rotatable bonds is 5. The van der Waals surface area contributed by atoms with Crippen LogP contribution in [0.25, 0.3) is 0 Å². The third-order valence-corrected chi connectivity index (χ3v) is 3.14. The van der Waals surface area contributed by atoms with E-state index in [2.05, 4.69) is 4.98 Å². The number of nitrogen functional groups attached to an aromatic ring is 1. The van der Waals surface area contributed by atoms with Crippen molar-refractivity contribution in [3.63, 3.8) is 0 Å². The Hall–Kier alpha value is -2.56. The van der Waals surface area contributed by atoms with Crippen LogP contribution in [0.4, 0.5) is 11.4 Å². The number of benzene rings is 1. The SMILES string of the molecule is CN(CCc1cccnc1)c1ccc(C(=O)O)cc1N. The van der Waals surface area contributed by atoms with E-state index in [0.717, 1.165) is 24.2 Å². The van der Waals surface area contributed by atoms with E-state index >= 15 is 0 Å². The molecule has 0 unspecified atom stereocenters. The molecule has 0 bridgehead atoms. The zero-order chi connectivity index (χ0) is 14.5. The molecule has 20 heavy (non-hydrogen) atoms. The molecule has 0 saturated heterocycles. The molecule has 0 aliphatic rings. The molecule has 0 aliphatic carbocycles. The van der Waals surface area contributed by atoms with E-state index < -0.39 is 5.97 Å². The zero-order valence-electron chi connectivity index (χ0n) is 11.3. The minimum atomic E-state index is -0.971. The van der Waals surface area contributed by atoms with Crippen molar-refractivity contribution >= 4 is 17.3 Å². The van der Waals surface area contributed by atoms with Gasteiger partial charge in [-0.2, -0.15) is 0 Å². The van der Waals surface area contributed by atoms with E-state index in [0.29, 0.717) is 5.69 Å². The van der Waals surface area contributed by atoms with Crippen molar-refractivity contribution < 1.29 is 9.90 Å². The van der Waals surface area contributed by atoms with Gasteiger partial charge in [-0.25, -0.2) is 4.79 Å². The maximum Gasteiger partial charge on any atom is 0.335 e. The Morgan fingerprint density at radius 3 is 2.80 bits per heavy atom. The van der Waals surface area contributed by atoms with E-state index in [1.807, 2.05) is 30.3 Å². The summed E-state index contributed by atoms with van der Waals surface area (Å²) in [4.78, 5) is 17.0. The summed E-state index contributed by atoms with van der Waals surface area (Å²) in [7, 11) is 1.93. The lowest BCUT2D eigenvalue weighted by molar-refractivity contribution is 0.0697. The quantitative estimate of drug-likeness (QED) is 0.813. The van der Waals surface area contributed by atoms with Crippen LogP contribution in [0.1, 0.15) is 15.9 Å². The van der Waals surface area contributed by atoms with Gasteiger partial charge in [0.2, 0.25) is 0 Å². The molecular weight excluding hydrogens is 254 g/mol. The van der Waals surface area contributed by atoms with Crippen molar-refractivity contribution in [2.24, 2.45) is 0 Å². The van der Waals surface area contributed by atoms with Crippen LogP contribution in [0.15, 0.2) is 42.7 Å². The largest absolute Gasteiger partial charge is 0.478 e. The first-order valence-corrected chi connectivity index (χ1v) is 6.31. The number of carbonyl (C=O) groups is 1. The molecule has 0 amide bonds. The monoisotopic (exact) mass is 271 g/mol. The van der Waals surface area contributed by atoms with Gasteiger partial charge in [0.05, 0.1) is 16.9 Å². The summed E-state index contributed by atoms with van der Waals surface area (Å²) < 4.78 is 0. The van der Waals surface area contributed by atoms with Gasteiger partial charge in [0.1, 0.15) is 0 Å². The number of nitrogens with two attached hydrogens (primary N) is 1. The fourth-order valence-electron chi connectivity index (χ4n) is 2.00. The number of carboxylic acid groups (broad SMARTS) is 1. The van der Waals surface area contributed by atoms with E-state index in [9.17, 15) is 4.79 Å². The van der Waals surface area contributed by atoms with E-state index in [1.165, 1.54) is 6.07 Å². The highest BCUT2D eigenvalue weighted by Crippen LogP contribution is 2.23. The summed E-state index contributed by atoms with van der Waals surface area (Å²) in [6.45, 7) is 0.780. The molecule has 1 heterocycles. The van der Waals surface area contributed by atoms with Crippen LogP contribution in [-0.4, -0.2) is 29.7 Å². The normalized spacial score (nSPS) is 10.2. The first-order valence-electron chi connectivity index (χ1n) is 6.31. The summed E-state index contributed by atoms with van der Waals surface area (Å²) in [6, 6.07) is 8.72. The second-order valence-electron chi connectivity index (χ2n) is 4.61. The standard InChI is InChI=1S/C15H17N3O2/c1-18(8-6-11-3-2-7-17-10-11)14-5-4-12(15(19)20)9-13(14)16/h2-5,7,9-10H,6,8,16H2,1H3,(H,19,20). The molecule has 0 saturated carbocycles. The zero-order valence-corrected chi connectivity index (χ0v) is 11.3. The Labute approximate surface area is 117 Å². The summed E-state index contributed by atoms with van der Waals surface area (Å²) in [6.07, 6.45) is 4.44. The maximum atomic E-state index is 10.9. The Bertz CT molecular complexity index is 599. The molecule has 104 valence electrons. The van der Waals surface area contributed by atoms with Gasteiger partial charge in [-0.15, -0.1) is 0 Å². The highest BCUT2D eigenvalue weighted by molar-refractivity contribution is 5.90. The molecule has 1 aromatic heterocycles. The number of hydrogen-bond donors (Lipinski definition) is 2. The number of hydrogen-bond acceptors (Lipinski definition) is 4. The minimum absolute atomic E-state index is 0.201. The Balaban J connectivity index is 2.06. The van der Waals surface area contributed by atoms with Gasteiger partial charge in [-0.05, 0) is 36.2 Å². The lowest BCUT2D eigenvalue weighted by atomic mass is 10.1. The molecule has 2 rings (SSSR count). The van der Waals surface area contributed by atoms with Gasteiger partial charge >= 0.3 is 5.97 Å². The molecule has 3 N–H and O–H groups in total. The van der Waals surface area contributed by atoms with Gasteiger partial charge in [0.25, 0.3) is 0 Å². The number of likely N-dealkylation sites (N-methyl/N-ethyl adjacent to an activating group) is 1. The lowest BCUT2D eigenvalue weighted by Gasteiger charge is -2.21. The van der Waals surface area contributed by atoms with Crippen LogP contribution in [0, 0.1) is 0 Å². The molecule has 1 aromatic carbocycles. The topological polar surface area (TPSA) is 79.5 Å². The van der Waals surface area contributed by atoms with Crippen molar-refractivity contribution in [3.05, 3.63) is 53.9 Å². The van der Waals surface area contributed by atoms with Crippen molar-refractivity contribution in [1.29, 1.82) is 0 Å². The third-order valence-electron chi connectivity index (χ3n) is 3.14. The Morgan fingerprint density at radius 2 is 2.20 bits per heavy atom. The second-order valence-corrected chi connectivity index (χ2v) is 4.61. The van der Waals surface area contributed by atoms with Crippen molar-refractivity contribution in [2.75, 3.05) is 24.2 Å². The molecule has 0 atom stereocenters. The molecular formula is C15H17N3O2. The molecule has 5 nitrogen and oxygen atoms in total. The molecule has 0 fully saturated rings. The lowest BCUT2D eigenvalue weighted by Crippen LogP contribution is -2.21. The Kier molecular flexibility index (Phi) is 4.20. The molecule has 5 heteroatoms. The van der Waals surface area contributed by atoms with Crippen LogP contribution in [0.3, 0.4) is 0 Å². The fourth-order valence-corrected chi connectivity index (χ4v) is 2.00. The van der Waals surface area contributed by atoms with Crippen LogP contribution in [0.2, 0.25) is 0 Å². The van der Waals surface area contributed by atoms with Crippen molar-refractivity contribution in [1.82, 2.24) is 4.98 Å². The van der Waals surface area contributed by atoms with Crippen LogP contribution in [-0.2, 0) is 6.42 Å². The van der Waals surface area contributed by atoms with Crippen LogP contribution < -0.4 is 10.6 Å². The van der Waals surface area contributed by atoms with Gasteiger partial charge in [0, 0.05) is 26.0 Å². The van der Waals surface area contributed by atoms with Gasteiger partial charge in [0.15, 0.2) is 0 Å². The van der Waals surface area contributed by atoms with Crippen molar-refractivity contribution in [2.45, 2.75) is 6.42 Å². The predicted molar refractivity (Wildman–Crippen MR) is 79.0 cm³/mol. The van der Waals surface area contributed by atoms with E-state index in [4.69, 9.17) is 10.8 Å². The molecule has 0 radical (unpaired) electrons. The van der Waals surface area contributed by atoms with Crippen molar-refractivity contribution in [3.8, 4) is 0 Å². The number of nitrogens with zero attached hydrogens (tertiary/aromatic N) is 2. The Morgan fingerprint density at radius 1 is 1.40 bits per heavy atom. The van der Waals surface area contributed by atoms with Crippen LogP contribution in [0.5, 0.6) is 0 Å². The highest BCUT2D eigenvalue weighted by Gasteiger charge is 2.09. The summed E-state index contributed by atoms with van der Waals surface area (Å²) >= 11 is 0. The summed E-state index contributed by atoms with van der Waals surface area (Å²) in [5.74, 6) is -0.971. The number of aromatic carboxylic acids is 1.